The van der Waals surface area contributed by atoms with Crippen molar-refractivity contribution in [3.63, 3.8) is 0 Å². The van der Waals surface area contributed by atoms with Crippen LogP contribution in [-0.4, -0.2) is 61.1 Å². The lowest BCUT2D eigenvalue weighted by Gasteiger charge is -2.27. The summed E-state index contributed by atoms with van der Waals surface area (Å²) >= 11 is 0. The number of morpholine rings is 1. The number of hydrogen-bond donors (Lipinski definition) is 1. The molecule has 2 atom stereocenters. The smallest absolute Gasteiger partial charge is 0.254 e. The Labute approximate surface area is 138 Å². The van der Waals surface area contributed by atoms with Crippen LogP contribution in [0.1, 0.15) is 29.3 Å². The summed E-state index contributed by atoms with van der Waals surface area (Å²) in [5, 5.41) is 0. The lowest BCUT2D eigenvalue weighted by atomic mass is 10.1. The summed E-state index contributed by atoms with van der Waals surface area (Å²) in [5.74, 6) is 0.572. The molecule has 2 fully saturated rings. The Hall–Kier alpha value is -1.43. The van der Waals surface area contributed by atoms with E-state index in [0.717, 1.165) is 51.4 Å². The highest BCUT2D eigenvalue weighted by Crippen LogP contribution is 2.24. The molecule has 2 aliphatic heterocycles. The van der Waals surface area contributed by atoms with Gasteiger partial charge in [0.25, 0.3) is 5.91 Å². The standard InChI is InChI=1S/C18H27N3O2/c1-14-9-16(11-19)13-21(14)18(22)17-4-2-3-15(10-17)12-20-5-7-23-8-6-20/h2-4,10,14,16H,5-9,11-13,19H2,1H3. The topological polar surface area (TPSA) is 58.8 Å². The van der Waals surface area contributed by atoms with Crippen LogP contribution in [0.15, 0.2) is 24.3 Å². The van der Waals surface area contributed by atoms with Gasteiger partial charge in [-0.05, 0) is 43.5 Å². The van der Waals surface area contributed by atoms with Crippen molar-refractivity contribution in [2.75, 3.05) is 39.4 Å². The van der Waals surface area contributed by atoms with Gasteiger partial charge in [-0.15, -0.1) is 0 Å². The van der Waals surface area contributed by atoms with E-state index < -0.39 is 0 Å². The quantitative estimate of drug-likeness (QED) is 0.910. The van der Waals surface area contributed by atoms with Gasteiger partial charge in [-0.2, -0.15) is 0 Å². The van der Waals surface area contributed by atoms with Gasteiger partial charge in [-0.3, -0.25) is 9.69 Å². The van der Waals surface area contributed by atoms with E-state index in [9.17, 15) is 4.79 Å². The first kappa shape index (κ1) is 16.4. The van der Waals surface area contributed by atoms with Crippen LogP contribution in [-0.2, 0) is 11.3 Å². The van der Waals surface area contributed by atoms with Crippen molar-refractivity contribution in [1.82, 2.24) is 9.80 Å². The molecule has 0 spiro atoms. The van der Waals surface area contributed by atoms with E-state index in [4.69, 9.17) is 10.5 Å². The molecule has 0 aromatic heterocycles. The third-order valence-corrected chi connectivity index (χ3v) is 4.94. The molecule has 0 saturated carbocycles. The average molecular weight is 317 g/mol. The van der Waals surface area contributed by atoms with Crippen molar-refractivity contribution in [2.45, 2.75) is 25.9 Å². The minimum Gasteiger partial charge on any atom is -0.379 e. The monoisotopic (exact) mass is 317 g/mol. The summed E-state index contributed by atoms with van der Waals surface area (Å²) in [6.45, 7) is 7.94. The maximum atomic E-state index is 12.8. The highest BCUT2D eigenvalue weighted by molar-refractivity contribution is 5.94. The fourth-order valence-electron chi connectivity index (χ4n) is 3.58. The highest BCUT2D eigenvalue weighted by Gasteiger charge is 2.32. The predicted molar refractivity (Wildman–Crippen MR) is 90.2 cm³/mol. The number of hydrogen-bond acceptors (Lipinski definition) is 4. The zero-order chi connectivity index (χ0) is 16.2. The molecule has 1 aromatic carbocycles. The van der Waals surface area contributed by atoms with E-state index in [-0.39, 0.29) is 11.9 Å². The Morgan fingerprint density at radius 1 is 1.35 bits per heavy atom. The van der Waals surface area contributed by atoms with Crippen LogP contribution in [0.4, 0.5) is 0 Å². The molecular weight excluding hydrogens is 290 g/mol. The SMILES string of the molecule is CC1CC(CN)CN1C(=O)c1cccc(CN2CCOCC2)c1. The third-order valence-electron chi connectivity index (χ3n) is 4.94. The van der Waals surface area contributed by atoms with Crippen LogP contribution in [0.5, 0.6) is 0 Å². The second kappa shape index (κ2) is 7.43. The normalized spacial score (nSPS) is 25.7. The molecule has 0 radical (unpaired) electrons. The van der Waals surface area contributed by atoms with Crippen molar-refractivity contribution in [3.8, 4) is 0 Å². The number of likely N-dealkylation sites (tertiary alicyclic amines) is 1. The van der Waals surface area contributed by atoms with Crippen molar-refractivity contribution < 1.29 is 9.53 Å². The summed E-state index contributed by atoms with van der Waals surface area (Å²) in [5.41, 5.74) is 7.76. The van der Waals surface area contributed by atoms with Crippen molar-refractivity contribution in [3.05, 3.63) is 35.4 Å². The Balaban J connectivity index is 1.67. The molecular formula is C18H27N3O2. The van der Waals surface area contributed by atoms with E-state index in [0.29, 0.717) is 12.5 Å². The summed E-state index contributed by atoms with van der Waals surface area (Å²) in [7, 11) is 0. The van der Waals surface area contributed by atoms with Crippen LogP contribution >= 0.6 is 0 Å². The lowest BCUT2D eigenvalue weighted by Crippen LogP contribution is -2.36. The van der Waals surface area contributed by atoms with Crippen LogP contribution in [0.25, 0.3) is 0 Å². The molecule has 1 amide bonds. The number of nitrogens with two attached hydrogens (primary N) is 1. The Morgan fingerprint density at radius 2 is 2.13 bits per heavy atom. The van der Waals surface area contributed by atoms with E-state index in [2.05, 4.69) is 17.9 Å². The number of carbonyl (C=O) groups excluding carboxylic acids is 1. The first-order valence-corrected chi connectivity index (χ1v) is 8.57. The van der Waals surface area contributed by atoms with E-state index in [1.807, 2.05) is 23.1 Å². The zero-order valence-corrected chi connectivity index (χ0v) is 13.9. The fourth-order valence-corrected chi connectivity index (χ4v) is 3.58. The molecule has 2 unspecified atom stereocenters. The zero-order valence-electron chi connectivity index (χ0n) is 13.9. The van der Waals surface area contributed by atoms with Gasteiger partial charge in [-0.1, -0.05) is 12.1 Å². The van der Waals surface area contributed by atoms with Crippen LogP contribution in [0.2, 0.25) is 0 Å². The average Bonchev–Trinajstić information content (AvgIpc) is 2.96. The number of benzene rings is 1. The molecule has 5 heteroatoms. The van der Waals surface area contributed by atoms with Crippen molar-refractivity contribution in [2.24, 2.45) is 11.7 Å². The van der Waals surface area contributed by atoms with E-state index in [1.54, 1.807) is 0 Å². The Morgan fingerprint density at radius 3 is 2.83 bits per heavy atom. The van der Waals surface area contributed by atoms with Crippen molar-refractivity contribution >= 4 is 5.91 Å². The number of rotatable bonds is 4. The summed E-state index contributed by atoms with van der Waals surface area (Å²) < 4.78 is 5.39. The molecule has 5 nitrogen and oxygen atoms in total. The van der Waals surface area contributed by atoms with Crippen LogP contribution in [0.3, 0.4) is 0 Å². The lowest BCUT2D eigenvalue weighted by molar-refractivity contribution is 0.0341. The van der Waals surface area contributed by atoms with Gasteiger partial charge in [0.2, 0.25) is 0 Å². The minimum absolute atomic E-state index is 0.136. The molecule has 126 valence electrons. The van der Waals surface area contributed by atoms with Gasteiger partial charge in [-0.25, -0.2) is 0 Å². The second-order valence-electron chi connectivity index (χ2n) is 6.73. The summed E-state index contributed by atoms with van der Waals surface area (Å²) in [6, 6.07) is 8.33. The van der Waals surface area contributed by atoms with E-state index in [1.165, 1.54) is 5.56 Å². The maximum Gasteiger partial charge on any atom is 0.254 e. The fraction of sp³-hybridized carbons (Fsp3) is 0.611. The molecule has 1 aromatic rings. The molecule has 2 aliphatic rings. The highest BCUT2D eigenvalue weighted by atomic mass is 16.5. The molecule has 2 saturated heterocycles. The predicted octanol–water partition coefficient (Wildman–Crippen LogP) is 1.33. The number of amides is 1. The number of nitrogens with zero attached hydrogens (tertiary/aromatic N) is 2. The third kappa shape index (κ3) is 3.91. The van der Waals surface area contributed by atoms with Crippen LogP contribution in [0, 0.1) is 5.92 Å². The van der Waals surface area contributed by atoms with Crippen molar-refractivity contribution in [1.29, 1.82) is 0 Å². The van der Waals surface area contributed by atoms with E-state index >= 15 is 0 Å². The molecule has 0 bridgehead atoms. The van der Waals surface area contributed by atoms with Gasteiger partial charge in [0.05, 0.1) is 13.2 Å². The Kier molecular flexibility index (Phi) is 5.30. The summed E-state index contributed by atoms with van der Waals surface area (Å²) in [4.78, 5) is 17.2. The van der Waals surface area contributed by atoms with Gasteiger partial charge in [0, 0.05) is 37.8 Å². The number of carbonyl (C=O) groups is 1. The van der Waals surface area contributed by atoms with Gasteiger partial charge < -0.3 is 15.4 Å². The second-order valence-corrected chi connectivity index (χ2v) is 6.73. The van der Waals surface area contributed by atoms with Crippen LogP contribution < -0.4 is 5.73 Å². The van der Waals surface area contributed by atoms with Gasteiger partial charge >= 0.3 is 0 Å². The molecule has 23 heavy (non-hydrogen) atoms. The largest absolute Gasteiger partial charge is 0.379 e. The Bertz CT molecular complexity index is 543. The molecule has 0 aliphatic carbocycles. The minimum atomic E-state index is 0.136. The summed E-state index contributed by atoms with van der Waals surface area (Å²) in [6.07, 6.45) is 1.01. The maximum absolute atomic E-state index is 12.8. The van der Waals surface area contributed by atoms with Gasteiger partial charge in [0.1, 0.15) is 0 Å². The first-order chi connectivity index (χ1) is 11.2. The first-order valence-electron chi connectivity index (χ1n) is 8.57. The van der Waals surface area contributed by atoms with Gasteiger partial charge in [0.15, 0.2) is 0 Å². The molecule has 2 heterocycles. The molecule has 3 rings (SSSR count). The number of ether oxygens (including phenoxy) is 1. The molecule has 2 N–H and O–H groups in total.